The molecule has 4 aromatic carbocycles. The molecule has 0 atom stereocenters. The van der Waals surface area contributed by atoms with Crippen molar-refractivity contribution in [3.63, 3.8) is 0 Å². The van der Waals surface area contributed by atoms with Gasteiger partial charge in [-0.2, -0.15) is 0 Å². The lowest BCUT2D eigenvalue weighted by Crippen LogP contribution is -2.03. The zero-order chi connectivity index (χ0) is 20.9. The molecule has 0 fully saturated rings. The minimum atomic E-state index is -0.0466. The summed E-state index contributed by atoms with van der Waals surface area (Å²) in [5, 5.41) is 0. The second kappa shape index (κ2) is 8.66. The molecule has 0 heterocycles. The second-order valence-corrected chi connectivity index (χ2v) is 6.89. The predicted octanol–water partition coefficient (Wildman–Crippen LogP) is 6.27. The van der Waals surface area contributed by atoms with E-state index in [4.69, 9.17) is 9.47 Å². The van der Waals surface area contributed by atoms with Crippen LogP contribution >= 0.6 is 0 Å². The first kappa shape index (κ1) is 19.5. The molecular formula is C27H22O3. The van der Waals surface area contributed by atoms with Crippen LogP contribution < -0.4 is 9.47 Å². The summed E-state index contributed by atoms with van der Waals surface area (Å²) < 4.78 is 11.0. The van der Waals surface area contributed by atoms with E-state index in [9.17, 15) is 4.79 Å². The average Bonchev–Trinajstić information content (AvgIpc) is 2.84. The summed E-state index contributed by atoms with van der Waals surface area (Å²) in [5.74, 6) is 1.42. The van der Waals surface area contributed by atoms with Gasteiger partial charge in [0.15, 0.2) is 5.78 Å². The lowest BCUT2D eigenvalue weighted by Gasteiger charge is -2.13. The van der Waals surface area contributed by atoms with Crippen LogP contribution in [0.15, 0.2) is 97.1 Å². The van der Waals surface area contributed by atoms with Gasteiger partial charge in [-0.3, -0.25) is 4.79 Å². The number of methoxy groups -OCH3 is 2. The van der Waals surface area contributed by atoms with Gasteiger partial charge in [0.25, 0.3) is 0 Å². The van der Waals surface area contributed by atoms with Crippen molar-refractivity contribution in [1.82, 2.24) is 0 Å². The minimum Gasteiger partial charge on any atom is -0.496 e. The maximum atomic E-state index is 13.3. The van der Waals surface area contributed by atoms with Gasteiger partial charge in [0.05, 0.1) is 14.2 Å². The van der Waals surface area contributed by atoms with Crippen molar-refractivity contribution in [2.45, 2.75) is 0 Å². The summed E-state index contributed by atoms with van der Waals surface area (Å²) in [5.41, 5.74) is 5.01. The Morgan fingerprint density at radius 1 is 0.567 bits per heavy atom. The summed E-state index contributed by atoms with van der Waals surface area (Å²) in [6, 6.07) is 30.9. The van der Waals surface area contributed by atoms with Crippen LogP contribution in [0.25, 0.3) is 22.3 Å². The molecule has 3 heteroatoms. The highest BCUT2D eigenvalue weighted by Crippen LogP contribution is 2.34. The molecule has 0 bridgehead atoms. The van der Waals surface area contributed by atoms with E-state index in [0.29, 0.717) is 11.1 Å². The highest BCUT2D eigenvalue weighted by Gasteiger charge is 2.16. The third kappa shape index (κ3) is 3.83. The molecule has 3 nitrogen and oxygen atoms in total. The van der Waals surface area contributed by atoms with Gasteiger partial charge in [-0.1, -0.05) is 60.7 Å². The fourth-order valence-corrected chi connectivity index (χ4v) is 3.55. The molecule has 0 radical (unpaired) electrons. The molecule has 4 rings (SSSR count). The first-order chi connectivity index (χ1) is 14.7. The van der Waals surface area contributed by atoms with Crippen LogP contribution in [0.3, 0.4) is 0 Å². The Morgan fingerprint density at radius 2 is 0.967 bits per heavy atom. The number of rotatable bonds is 6. The third-order valence-electron chi connectivity index (χ3n) is 5.09. The van der Waals surface area contributed by atoms with E-state index >= 15 is 0 Å². The summed E-state index contributed by atoms with van der Waals surface area (Å²) in [6.07, 6.45) is 0. The van der Waals surface area contributed by atoms with E-state index in [1.165, 1.54) is 0 Å². The van der Waals surface area contributed by atoms with E-state index in [1.54, 1.807) is 26.4 Å². The number of carbonyl (C=O) groups excluding carboxylic acids is 1. The van der Waals surface area contributed by atoms with E-state index in [1.807, 2.05) is 84.9 Å². The van der Waals surface area contributed by atoms with Gasteiger partial charge in [-0.05, 0) is 47.5 Å². The molecule has 0 saturated carbocycles. The Hall–Kier alpha value is -3.85. The second-order valence-electron chi connectivity index (χ2n) is 6.89. The summed E-state index contributed by atoms with van der Waals surface area (Å²) >= 11 is 0. The van der Waals surface area contributed by atoms with E-state index in [0.717, 1.165) is 33.8 Å². The Bertz CT molecular complexity index is 1070. The van der Waals surface area contributed by atoms with Crippen molar-refractivity contribution in [1.29, 1.82) is 0 Å². The van der Waals surface area contributed by atoms with Gasteiger partial charge in [-0.15, -0.1) is 0 Å². The number of benzene rings is 4. The van der Waals surface area contributed by atoms with Crippen molar-refractivity contribution in [3.05, 3.63) is 108 Å². The summed E-state index contributed by atoms with van der Waals surface area (Å²) in [7, 11) is 3.28. The molecule has 0 saturated heterocycles. The monoisotopic (exact) mass is 394 g/mol. The first-order valence-electron chi connectivity index (χ1n) is 9.73. The van der Waals surface area contributed by atoms with Crippen LogP contribution in [0.2, 0.25) is 0 Å². The van der Waals surface area contributed by atoms with Gasteiger partial charge in [0.2, 0.25) is 0 Å². The average molecular weight is 394 g/mol. The van der Waals surface area contributed by atoms with E-state index in [2.05, 4.69) is 0 Å². The Balaban J connectivity index is 1.77. The smallest absolute Gasteiger partial charge is 0.193 e. The molecule has 0 unspecified atom stereocenters. The molecule has 30 heavy (non-hydrogen) atoms. The fraction of sp³-hybridized carbons (Fsp3) is 0.0741. The Labute approximate surface area is 176 Å². The van der Waals surface area contributed by atoms with Crippen molar-refractivity contribution in [2.24, 2.45) is 0 Å². The van der Waals surface area contributed by atoms with Crippen LogP contribution in [0.5, 0.6) is 11.5 Å². The Morgan fingerprint density at radius 3 is 1.33 bits per heavy atom. The van der Waals surface area contributed by atoms with Crippen LogP contribution in [-0.4, -0.2) is 20.0 Å². The highest BCUT2D eigenvalue weighted by atomic mass is 16.5. The van der Waals surface area contributed by atoms with E-state index in [-0.39, 0.29) is 5.78 Å². The minimum absolute atomic E-state index is 0.0466. The largest absolute Gasteiger partial charge is 0.496 e. The van der Waals surface area contributed by atoms with Crippen LogP contribution in [0, 0.1) is 0 Å². The number of hydrogen-bond donors (Lipinski definition) is 0. The van der Waals surface area contributed by atoms with E-state index < -0.39 is 0 Å². The number of ether oxygens (including phenoxy) is 2. The Kier molecular flexibility index (Phi) is 5.62. The van der Waals surface area contributed by atoms with Gasteiger partial charge in [-0.25, -0.2) is 0 Å². The molecule has 4 aromatic rings. The zero-order valence-corrected chi connectivity index (χ0v) is 17.0. The molecule has 0 N–H and O–H groups in total. The number of ketones is 1. The van der Waals surface area contributed by atoms with Gasteiger partial charge < -0.3 is 9.47 Å². The van der Waals surface area contributed by atoms with Crippen molar-refractivity contribution in [3.8, 4) is 33.8 Å². The molecule has 0 aliphatic carbocycles. The molecule has 0 spiro atoms. The lowest BCUT2D eigenvalue weighted by atomic mass is 9.95. The number of carbonyl (C=O) groups is 1. The van der Waals surface area contributed by atoms with Crippen molar-refractivity contribution < 1.29 is 14.3 Å². The fourth-order valence-electron chi connectivity index (χ4n) is 3.55. The topological polar surface area (TPSA) is 35.5 Å². The summed E-state index contributed by atoms with van der Waals surface area (Å²) in [6.45, 7) is 0. The highest BCUT2D eigenvalue weighted by molar-refractivity contribution is 6.10. The van der Waals surface area contributed by atoms with Gasteiger partial charge >= 0.3 is 0 Å². The predicted molar refractivity (Wildman–Crippen MR) is 120 cm³/mol. The van der Waals surface area contributed by atoms with Gasteiger partial charge in [0, 0.05) is 22.3 Å². The van der Waals surface area contributed by atoms with Crippen molar-refractivity contribution in [2.75, 3.05) is 14.2 Å². The lowest BCUT2D eigenvalue weighted by molar-refractivity contribution is 0.103. The van der Waals surface area contributed by atoms with Crippen LogP contribution in [0.1, 0.15) is 15.9 Å². The third-order valence-corrected chi connectivity index (χ3v) is 5.09. The van der Waals surface area contributed by atoms with Crippen LogP contribution in [-0.2, 0) is 0 Å². The SMILES string of the molecule is COc1ccc(C(=O)c2ccc(OC)c(-c3ccccc3)c2)cc1-c1ccccc1. The molecular weight excluding hydrogens is 372 g/mol. The molecule has 0 amide bonds. The molecule has 148 valence electrons. The zero-order valence-electron chi connectivity index (χ0n) is 17.0. The quantitative estimate of drug-likeness (QED) is 0.362. The maximum Gasteiger partial charge on any atom is 0.193 e. The van der Waals surface area contributed by atoms with Crippen LogP contribution in [0.4, 0.5) is 0 Å². The van der Waals surface area contributed by atoms with Gasteiger partial charge in [0.1, 0.15) is 11.5 Å². The molecule has 0 aliphatic rings. The number of hydrogen-bond acceptors (Lipinski definition) is 3. The maximum absolute atomic E-state index is 13.3. The molecule has 0 aliphatic heterocycles. The molecule has 0 aromatic heterocycles. The summed E-state index contributed by atoms with van der Waals surface area (Å²) in [4.78, 5) is 13.3. The van der Waals surface area contributed by atoms with Crippen molar-refractivity contribution >= 4 is 5.78 Å². The normalized spacial score (nSPS) is 10.5. The standard InChI is InChI=1S/C27H22O3/c1-29-25-15-13-21(17-23(25)19-9-5-3-6-10-19)27(28)22-14-16-26(30-2)24(18-22)20-11-7-4-8-12-20/h3-18H,1-2H3. The first-order valence-corrected chi connectivity index (χ1v) is 9.73.